The fourth-order valence-electron chi connectivity index (χ4n) is 2.25. The van der Waals surface area contributed by atoms with E-state index in [2.05, 4.69) is 10.3 Å². The van der Waals surface area contributed by atoms with Crippen LogP contribution in [0.3, 0.4) is 0 Å². The lowest BCUT2D eigenvalue weighted by Crippen LogP contribution is -2.47. The van der Waals surface area contributed by atoms with Gasteiger partial charge in [-0.15, -0.1) is 0 Å². The van der Waals surface area contributed by atoms with E-state index >= 15 is 0 Å². The molecular weight excluding hydrogens is 290 g/mol. The van der Waals surface area contributed by atoms with Crippen LogP contribution in [0.1, 0.15) is 6.92 Å². The number of ether oxygens (including phenoxy) is 2. The second kappa shape index (κ2) is 5.25. The van der Waals surface area contributed by atoms with E-state index in [-0.39, 0.29) is 11.9 Å². The molecule has 1 saturated heterocycles. The molecule has 1 amide bonds. The van der Waals surface area contributed by atoms with E-state index in [1.807, 2.05) is 25.1 Å². The number of hydrogen-bond acceptors (Lipinski definition) is 6. The number of nitrogens with two attached hydrogens (primary N) is 1. The van der Waals surface area contributed by atoms with Crippen LogP contribution in [0.25, 0.3) is 10.2 Å². The molecule has 1 aromatic heterocycles. The fraction of sp³-hybridized carbons (Fsp3) is 0.429. The van der Waals surface area contributed by atoms with Crippen molar-refractivity contribution < 1.29 is 14.3 Å². The molecule has 7 heteroatoms. The molecule has 0 spiro atoms. The van der Waals surface area contributed by atoms with Gasteiger partial charge in [-0.1, -0.05) is 11.3 Å². The van der Waals surface area contributed by atoms with E-state index in [0.717, 1.165) is 16.0 Å². The molecular formula is C14H17N3O3S. The summed E-state index contributed by atoms with van der Waals surface area (Å²) in [5.74, 6) is 0.612. The summed E-state index contributed by atoms with van der Waals surface area (Å²) in [6.45, 7) is 2.55. The van der Waals surface area contributed by atoms with Gasteiger partial charge in [-0.25, -0.2) is 4.98 Å². The van der Waals surface area contributed by atoms with Gasteiger partial charge in [-0.3, -0.25) is 4.79 Å². The highest BCUT2D eigenvalue weighted by atomic mass is 32.1. The molecule has 0 aliphatic carbocycles. The van der Waals surface area contributed by atoms with Crippen LogP contribution in [-0.2, 0) is 9.53 Å². The molecule has 2 unspecified atom stereocenters. The Balaban J connectivity index is 1.83. The summed E-state index contributed by atoms with van der Waals surface area (Å²) in [7, 11) is 1.62. The highest BCUT2D eigenvalue weighted by Crippen LogP contribution is 2.32. The molecule has 1 aliphatic rings. The molecule has 2 atom stereocenters. The Morgan fingerprint density at radius 1 is 1.62 bits per heavy atom. The van der Waals surface area contributed by atoms with Gasteiger partial charge in [0.15, 0.2) is 5.13 Å². The Bertz CT molecular complexity index is 687. The zero-order valence-electron chi connectivity index (χ0n) is 11.9. The van der Waals surface area contributed by atoms with Crippen molar-refractivity contribution in [2.45, 2.75) is 13.0 Å². The number of aromatic nitrogens is 1. The predicted octanol–water partition coefficient (Wildman–Crippen LogP) is 1.61. The van der Waals surface area contributed by atoms with Gasteiger partial charge in [0.25, 0.3) is 0 Å². The minimum absolute atomic E-state index is 0.154. The Morgan fingerprint density at radius 3 is 3.10 bits per heavy atom. The molecule has 0 radical (unpaired) electrons. The zero-order chi connectivity index (χ0) is 15.0. The molecule has 21 heavy (non-hydrogen) atoms. The number of methoxy groups -OCH3 is 1. The molecule has 1 aromatic carbocycles. The number of nitrogens with one attached hydrogen (secondary N) is 1. The molecule has 2 aromatic rings. The Kier molecular flexibility index (Phi) is 3.56. The van der Waals surface area contributed by atoms with E-state index in [9.17, 15) is 4.79 Å². The minimum atomic E-state index is -0.713. The quantitative estimate of drug-likeness (QED) is 0.899. The Labute approximate surface area is 126 Å². The largest absolute Gasteiger partial charge is 0.497 e. The summed E-state index contributed by atoms with van der Waals surface area (Å²) < 4.78 is 11.4. The van der Waals surface area contributed by atoms with E-state index in [1.165, 1.54) is 11.3 Å². The summed E-state index contributed by atoms with van der Waals surface area (Å²) in [5, 5.41) is 3.41. The summed E-state index contributed by atoms with van der Waals surface area (Å²) in [6, 6.07) is 5.31. The molecule has 6 nitrogen and oxygen atoms in total. The highest BCUT2D eigenvalue weighted by Gasteiger charge is 2.44. The Hall–Kier alpha value is -1.70. The Morgan fingerprint density at radius 2 is 2.43 bits per heavy atom. The first-order valence-corrected chi connectivity index (χ1v) is 7.44. The van der Waals surface area contributed by atoms with Crippen LogP contribution in [0.4, 0.5) is 5.13 Å². The fourth-order valence-corrected chi connectivity index (χ4v) is 3.14. The number of thiazole rings is 1. The van der Waals surface area contributed by atoms with E-state index in [1.54, 1.807) is 7.11 Å². The smallest absolute Gasteiger partial charge is 0.236 e. The molecule has 0 bridgehead atoms. The number of carbonyl (C=O) groups excluding carboxylic acids is 1. The van der Waals surface area contributed by atoms with Gasteiger partial charge in [-0.2, -0.15) is 0 Å². The third-order valence-corrected chi connectivity index (χ3v) is 4.79. The van der Waals surface area contributed by atoms with Crippen LogP contribution in [0.15, 0.2) is 18.2 Å². The van der Waals surface area contributed by atoms with Crippen LogP contribution < -0.4 is 15.8 Å². The van der Waals surface area contributed by atoms with E-state index < -0.39 is 5.41 Å². The molecule has 3 N–H and O–H groups in total. The van der Waals surface area contributed by atoms with Gasteiger partial charge in [0.1, 0.15) is 5.75 Å². The maximum atomic E-state index is 12.4. The van der Waals surface area contributed by atoms with Gasteiger partial charge in [-0.05, 0) is 25.1 Å². The topological polar surface area (TPSA) is 86.5 Å². The second-order valence-corrected chi connectivity index (χ2v) is 6.38. The van der Waals surface area contributed by atoms with Crippen molar-refractivity contribution in [1.29, 1.82) is 0 Å². The number of carbonyl (C=O) groups is 1. The molecule has 112 valence electrons. The van der Waals surface area contributed by atoms with Gasteiger partial charge >= 0.3 is 0 Å². The van der Waals surface area contributed by atoms with Gasteiger partial charge in [0, 0.05) is 6.04 Å². The average molecular weight is 307 g/mol. The van der Waals surface area contributed by atoms with Gasteiger partial charge < -0.3 is 20.5 Å². The van der Waals surface area contributed by atoms with Crippen LogP contribution in [-0.4, -0.2) is 37.3 Å². The maximum Gasteiger partial charge on any atom is 0.236 e. The molecule has 0 saturated carbocycles. The summed E-state index contributed by atoms with van der Waals surface area (Å²) in [6.07, 6.45) is 0. The summed E-state index contributed by atoms with van der Waals surface area (Å²) in [4.78, 5) is 16.8. The average Bonchev–Trinajstić information content (AvgIpc) is 3.02. The van der Waals surface area contributed by atoms with Crippen molar-refractivity contribution in [1.82, 2.24) is 4.98 Å². The number of benzene rings is 1. The SMILES string of the molecule is COc1ccc2nc(NC(=O)C3(C)COCC3N)sc2c1. The molecule has 1 aliphatic heterocycles. The van der Waals surface area contributed by atoms with Gasteiger partial charge in [0.2, 0.25) is 5.91 Å². The lowest BCUT2D eigenvalue weighted by Gasteiger charge is -2.24. The highest BCUT2D eigenvalue weighted by molar-refractivity contribution is 7.22. The maximum absolute atomic E-state index is 12.4. The number of hydrogen-bond donors (Lipinski definition) is 2. The third-order valence-electron chi connectivity index (χ3n) is 3.85. The lowest BCUT2D eigenvalue weighted by molar-refractivity contribution is -0.125. The molecule has 1 fully saturated rings. The van der Waals surface area contributed by atoms with Crippen molar-refractivity contribution in [3.05, 3.63) is 18.2 Å². The van der Waals surface area contributed by atoms with Crippen molar-refractivity contribution in [2.75, 3.05) is 25.6 Å². The number of anilines is 1. The standard InChI is InChI=1S/C14H17N3O3S/c1-14(7-20-6-11(14)15)12(18)17-13-16-9-4-3-8(19-2)5-10(9)21-13/h3-5,11H,6-7,15H2,1-2H3,(H,16,17,18). The molecule has 3 rings (SSSR count). The van der Waals surface area contributed by atoms with Crippen molar-refractivity contribution >= 4 is 32.6 Å². The zero-order valence-corrected chi connectivity index (χ0v) is 12.7. The van der Waals surface area contributed by atoms with Gasteiger partial charge in [0.05, 0.1) is 36.0 Å². The first kappa shape index (κ1) is 14.2. The lowest BCUT2D eigenvalue weighted by atomic mass is 9.85. The third kappa shape index (κ3) is 2.48. The van der Waals surface area contributed by atoms with E-state index in [0.29, 0.717) is 18.3 Å². The van der Waals surface area contributed by atoms with Crippen LogP contribution in [0.2, 0.25) is 0 Å². The van der Waals surface area contributed by atoms with Crippen molar-refractivity contribution in [3.63, 3.8) is 0 Å². The predicted molar refractivity (Wildman–Crippen MR) is 81.7 cm³/mol. The number of amides is 1. The molecule has 2 heterocycles. The van der Waals surface area contributed by atoms with Crippen LogP contribution in [0, 0.1) is 5.41 Å². The second-order valence-electron chi connectivity index (χ2n) is 5.35. The number of nitrogens with zero attached hydrogens (tertiary/aromatic N) is 1. The monoisotopic (exact) mass is 307 g/mol. The summed E-state index contributed by atoms with van der Waals surface area (Å²) >= 11 is 1.41. The van der Waals surface area contributed by atoms with Crippen molar-refractivity contribution in [2.24, 2.45) is 11.1 Å². The van der Waals surface area contributed by atoms with E-state index in [4.69, 9.17) is 15.2 Å². The number of fused-ring (bicyclic) bond motifs is 1. The first-order chi connectivity index (χ1) is 10.0. The minimum Gasteiger partial charge on any atom is -0.497 e. The normalized spacial score (nSPS) is 25.2. The number of rotatable bonds is 3. The van der Waals surface area contributed by atoms with Crippen LogP contribution >= 0.6 is 11.3 Å². The first-order valence-electron chi connectivity index (χ1n) is 6.62. The van der Waals surface area contributed by atoms with Crippen molar-refractivity contribution in [3.8, 4) is 5.75 Å². The van der Waals surface area contributed by atoms with Crippen LogP contribution in [0.5, 0.6) is 5.75 Å². The summed E-state index contributed by atoms with van der Waals surface area (Å²) in [5.41, 5.74) is 6.08.